The third-order valence-electron chi connectivity index (χ3n) is 6.29. The lowest BCUT2D eigenvalue weighted by molar-refractivity contribution is -0.135. The van der Waals surface area contributed by atoms with Crippen molar-refractivity contribution in [2.75, 3.05) is 6.54 Å². The first kappa shape index (κ1) is 13.8. The standard InChI is InChI=1S/C19H27NO/c21-19-12-4-3-8-17(19)9-5-10-18(19)20-13-11-15-6-1-2-7-16(15)14-20/h1-2,6-7,17-18,21H,3-5,8-14H2. The van der Waals surface area contributed by atoms with Gasteiger partial charge in [-0.3, -0.25) is 4.90 Å². The number of hydrogen-bond donors (Lipinski definition) is 1. The Morgan fingerprint density at radius 2 is 1.81 bits per heavy atom. The molecule has 0 spiro atoms. The van der Waals surface area contributed by atoms with Crippen molar-refractivity contribution >= 4 is 0 Å². The van der Waals surface area contributed by atoms with Gasteiger partial charge in [-0.1, -0.05) is 43.5 Å². The van der Waals surface area contributed by atoms with Gasteiger partial charge < -0.3 is 5.11 Å². The highest BCUT2D eigenvalue weighted by Crippen LogP contribution is 2.46. The average molecular weight is 285 g/mol. The van der Waals surface area contributed by atoms with Gasteiger partial charge in [0.25, 0.3) is 0 Å². The zero-order chi connectivity index (χ0) is 14.3. The smallest absolute Gasteiger partial charge is 0.0830 e. The molecule has 0 amide bonds. The second kappa shape index (κ2) is 5.40. The van der Waals surface area contributed by atoms with Gasteiger partial charge >= 0.3 is 0 Å². The molecule has 0 bridgehead atoms. The molecule has 0 saturated heterocycles. The van der Waals surface area contributed by atoms with Gasteiger partial charge in [-0.05, 0) is 49.1 Å². The largest absolute Gasteiger partial charge is 0.388 e. The van der Waals surface area contributed by atoms with Crippen LogP contribution in [0.25, 0.3) is 0 Å². The minimum Gasteiger partial charge on any atom is -0.388 e. The first-order valence-corrected chi connectivity index (χ1v) is 8.80. The maximum absolute atomic E-state index is 11.4. The van der Waals surface area contributed by atoms with E-state index in [0.717, 1.165) is 25.9 Å². The van der Waals surface area contributed by atoms with E-state index in [-0.39, 0.29) is 0 Å². The Labute approximate surface area is 128 Å². The topological polar surface area (TPSA) is 23.5 Å². The van der Waals surface area contributed by atoms with Crippen molar-refractivity contribution < 1.29 is 5.11 Å². The molecule has 0 radical (unpaired) electrons. The van der Waals surface area contributed by atoms with Crippen LogP contribution in [0.3, 0.4) is 0 Å². The molecule has 1 aromatic rings. The number of aliphatic hydroxyl groups is 1. The Kier molecular flexibility index (Phi) is 3.55. The van der Waals surface area contributed by atoms with Gasteiger partial charge in [0.05, 0.1) is 5.60 Å². The molecule has 2 aliphatic carbocycles. The van der Waals surface area contributed by atoms with Crippen LogP contribution in [0.2, 0.25) is 0 Å². The van der Waals surface area contributed by atoms with E-state index < -0.39 is 5.60 Å². The van der Waals surface area contributed by atoms with Crippen LogP contribution in [-0.4, -0.2) is 28.2 Å². The van der Waals surface area contributed by atoms with E-state index in [1.807, 2.05) is 0 Å². The summed E-state index contributed by atoms with van der Waals surface area (Å²) in [6, 6.07) is 9.24. The fraction of sp³-hybridized carbons (Fsp3) is 0.684. The van der Waals surface area contributed by atoms with E-state index in [0.29, 0.717) is 12.0 Å². The van der Waals surface area contributed by atoms with Gasteiger partial charge in [0.15, 0.2) is 0 Å². The lowest BCUT2D eigenvalue weighted by atomic mass is 9.64. The molecule has 3 unspecified atom stereocenters. The summed E-state index contributed by atoms with van der Waals surface area (Å²) in [5, 5.41) is 11.4. The number of benzene rings is 1. The predicted octanol–water partition coefficient (Wildman–Crippen LogP) is 3.52. The normalized spacial score (nSPS) is 36.8. The lowest BCUT2D eigenvalue weighted by Crippen LogP contribution is -2.60. The van der Waals surface area contributed by atoms with Crippen LogP contribution in [0, 0.1) is 5.92 Å². The van der Waals surface area contributed by atoms with E-state index in [1.165, 1.54) is 49.7 Å². The summed E-state index contributed by atoms with van der Waals surface area (Å²) in [4.78, 5) is 2.60. The zero-order valence-electron chi connectivity index (χ0n) is 12.9. The Bertz CT molecular complexity index is 512. The van der Waals surface area contributed by atoms with Gasteiger partial charge in [-0.2, -0.15) is 0 Å². The number of nitrogens with zero attached hydrogens (tertiary/aromatic N) is 1. The maximum atomic E-state index is 11.4. The van der Waals surface area contributed by atoms with E-state index in [2.05, 4.69) is 29.2 Å². The van der Waals surface area contributed by atoms with Gasteiger partial charge in [0.1, 0.15) is 0 Å². The molecule has 1 aliphatic heterocycles. The Hall–Kier alpha value is -0.860. The van der Waals surface area contributed by atoms with E-state index in [1.54, 1.807) is 0 Å². The summed E-state index contributed by atoms with van der Waals surface area (Å²) >= 11 is 0. The third kappa shape index (κ3) is 2.33. The molecule has 1 heterocycles. The first-order chi connectivity index (χ1) is 10.3. The molecule has 21 heavy (non-hydrogen) atoms. The molecular formula is C19H27NO. The highest BCUT2D eigenvalue weighted by molar-refractivity contribution is 5.29. The quantitative estimate of drug-likeness (QED) is 0.853. The Balaban J connectivity index is 1.58. The summed E-state index contributed by atoms with van der Waals surface area (Å²) in [5.74, 6) is 0.558. The van der Waals surface area contributed by atoms with Crippen molar-refractivity contribution in [3.05, 3.63) is 35.4 Å². The highest BCUT2D eigenvalue weighted by Gasteiger charge is 2.49. The second-order valence-corrected chi connectivity index (χ2v) is 7.37. The van der Waals surface area contributed by atoms with Crippen LogP contribution in [0.15, 0.2) is 24.3 Å². The lowest BCUT2D eigenvalue weighted by Gasteiger charge is -2.53. The van der Waals surface area contributed by atoms with Crippen LogP contribution in [0.1, 0.15) is 56.1 Å². The van der Waals surface area contributed by atoms with Crippen molar-refractivity contribution in [1.29, 1.82) is 0 Å². The summed E-state index contributed by atoms with van der Waals surface area (Å²) in [5.41, 5.74) is 2.59. The molecule has 2 heteroatoms. The number of rotatable bonds is 1. The molecule has 0 aromatic heterocycles. The second-order valence-electron chi connectivity index (χ2n) is 7.37. The van der Waals surface area contributed by atoms with Crippen LogP contribution in [-0.2, 0) is 13.0 Å². The summed E-state index contributed by atoms with van der Waals surface area (Å²) in [6.07, 6.45) is 9.70. The van der Waals surface area contributed by atoms with Crippen LogP contribution in [0.4, 0.5) is 0 Å². The molecule has 4 rings (SSSR count). The molecule has 2 saturated carbocycles. The van der Waals surface area contributed by atoms with Gasteiger partial charge in [0.2, 0.25) is 0 Å². The highest BCUT2D eigenvalue weighted by atomic mass is 16.3. The van der Waals surface area contributed by atoms with Crippen molar-refractivity contribution in [2.24, 2.45) is 5.92 Å². The molecule has 3 aliphatic rings. The summed E-state index contributed by atoms with van der Waals surface area (Å²) in [7, 11) is 0. The van der Waals surface area contributed by atoms with Crippen molar-refractivity contribution in [3.8, 4) is 0 Å². The zero-order valence-corrected chi connectivity index (χ0v) is 12.9. The van der Waals surface area contributed by atoms with Gasteiger partial charge in [-0.15, -0.1) is 0 Å². The van der Waals surface area contributed by atoms with Crippen LogP contribution < -0.4 is 0 Å². The molecule has 3 atom stereocenters. The fourth-order valence-corrected chi connectivity index (χ4v) is 5.18. The number of fused-ring (bicyclic) bond motifs is 2. The minimum atomic E-state index is -0.400. The first-order valence-electron chi connectivity index (χ1n) is 8.80. The SMILES string of the molecule is OC12CCCCC1CCCC2N1CCc2ccccc2C1. The van der Waals surface area contributed by atoms with E-state index in [9.17, 15) is 5.11 Å². The molecule has 1 N–H and O–H groups in total. The maximum Gasteiger partial charge on any atom is 0.0830 e. The van der Waals surface area contributed by atoms with Crippen LogP contribution in [0.5, 0.6) is 0 Å². The Morgan fingerprint density at radius 1 is 1.00 bits per heavy atom. The third-order valence-corrected chi connectivity index (χ3v) is 6.29. The monoisotopic (exact) mass is 285 g/mol. The molecule has 114 valence electrons. The summed E-state index contributed by atoms with van der Waals surface area (Å²) < 4.78 is 0. The Morgan fingerprint density at radius 3 is 2.71 bits per heavy atom. The van der Waals surface area contributed by atoms with Gasteiger partial charge in [-0.25, -0.2) is 0 Å². The number of hydrogen-bond acceptors (Lipinski definition) is 2. The molecule has 2 fully saturated rings. The fourth-order valence-electron chi connectivity index (χ4n) is 5.18. The van der Waals surface area contributed by atoms with E-state index in [4.69, 9.17) is 0 Å². The van der Waals surface area contributed by atoms with Crippen molar-refractivity contribution in [2.45, 2.75) is 69.6 Å². The van der Waals surface area contributed by atoms with Crippen molar-refractivity contribution in [1.82, 2.24) is 4.90 Å². The molecular weight excluding hydrogens is 258 g/mol. The van der Waals surface area contributed by atoms with Gasteiger partial charge in [0, 0.05) is 19.1 Å². The molecule has 1 aromatic carbocycles. The summed E-state index contributed by atoms with van der Waals surface area (Å²) in [6.45, 7) is 2.16. The molecule has 2 nitrogen and oxygen atoms in total. The van der Waals surface area contributed by atoms with E-state index >= 15 is 0 Å². The average Bonchev–Trinajstić information content (AvgIpc) is 2.53. The minimum absolute atomic E-state index is 0.393. The predicted molar refractivity (Wildman–Crippen MR) is 85.1 cm³/mol. The van der Waals surface area contributed by atoms with Crippen LogP contribution >= 0.6 is 0 Å². The van der Waals surface area contributed by atoms with Crippen molar-refractivity contribution in [3.63, 3.8) is 0 Å².